The Morgan fingerprint density at radius 1 is 0.913 bits per heavy atom. The summed E-state index contributed by atoms with van der Waals surface area (Å²) in [5, 5.41) is 5.82. The maximum absolute atomic E-state index is 12.4. The Balaban J connectivity index is 1.69. The van der Waals surface area contributed by atoms with Gasteiger partial charge >= 0.3 is 0 Å². The molecule has 2 amide bonds. The lowest BCUT2D eigenvalue weighted by molar-refractivity contribution is -0.117. The van der Waals surface area contributed by atoms with E-state index >= 15 is 0 Å². The highest BCUT2D eigenvalue weighted by molar-refractivity contribution is 6.05. The van der Waals surface area contributed by atoms with Gasteiger partial charge in [-0.25, -0.2) is 0 Å². The number of aryl methyl sites for hydroxylation is 2. The second-order valence-corrected chi connectivity index (χ2v) is 6.06. The average molecular weight is 308 g/mol. The van der Waals surface area contributed by atoms with Crippen LogP contribution >= 0.6 is 0 Å². The van der Waals surface area contributed by atoms with E-state index in [2.05, 4.69) is 10.6 Å². The summed E-state index contributed by atoms with van der Waals surface area (Å²) >= 11 is 0. The predicted octanol–water partition coefficient (Wildman–Crippen LogP) is 3.90. The van der Waals surface area contributed by atoms with Gasteiger partial charge in [0.25, 0.3) is 5.91 Å². The lowest BCUT2D eigenvalue weighted by Gasteiger charge is -2.12. The molecule has 0 aliphatic heterocycles. The number of para-hydroxylation sites is 1. The van der Waals surface area contributed by atoms with E-state index in [0.717, 1.165) is 35.3 Å². The first kappa shape index (κ1) is 15.3. The van der Waals surface area contributed by atoms with Gasteiger partial charge in [-0.3, -0.25) is 9.59 Å². The Morgan fingerprint density at radius 2 is 1.52 bits per heavy atom. The summed E-state index contributed by atoms with van der Waals surface area (Å²) in [5.74, 6) is 0.0854. The third-order valence-corrected chi connectivity index (χ3v) is 4.08. The summed E-state index contributed by atoms with van der Waals surface area (Å²) < 4.78 is 0. The number of anilines is 2. The zero-order valence-corrected chi connectivity index (χ0v) is 13.3. The van der Waals surface area contributed by atoms with Crippen LogP contribution in [-0.4, -0.2) is 11.8 Å². The van der Waals surface area contributed by atoms with Crippen LogP contribution < -0.4 is 10.6 Å². The van der Waals surface area contributed by atoms with Gasteiger partial charge in [0.1, 0.15) is 0 Å². The van der Waals surface area contributed by atoms with Crippen LogP contribution in [0.15, 0.2) is 42.5 Å². The first-order valence-corrected chi connectivity index (χ1v) is 7.83. The summed E-state index contributed by atoms with van der Waals surface area (Å²) in [4.78, 5) is 24.1. The normalized spacial score (nSPS) is 13.5. The van der Waals surface area contributed by atoms with Crippen LogP contribution in [0.2, 0.25) is 0 Å². The summed E-state index contributed by atoms with van der Waals surface area (Å²) in [6, 6.07) is 12.9. The quantitative estimate of drug-likeness (QED) is 0.900. The molecule has 2 N–H and O–H groups in total. The van der Waals surface area contributed by atoms with E-state index in [1.165, 1.54) is 0 Å². The Labute approximate surface area is 135 Å². The van der Waals surface area contributed by atoms with E-state index in [1.54, 1.807) is 24.3 Å². The van der Waals surface area contributed by atoms with E-state index in [-0.39, 0.29) is 17.7 Å². The molecule has 23 heavy (non-hydrogen) atoms. The molecular weight excluding hydrogens is 288 g/mol. The van der Waals surface area contributed by atoms with Crippen molar-refractivity contribution in [2.24, 2.45) is 5.92 Å². The topological polar surface area (TPSA) is 58.2 Å². The van der Waals surface area contributed by atoms with E-state index < -0.39 is 0 Å². The molecule has 1 saturated carbocycles. The fraction of sp³-hybridized carbons (Fsp3) is 0.263. The zero-order chi connectivity index (χ0) is 16.4. The number of carbonyl (C=O) groups is 2. The molecule has 0 radical (unpaired) electrons. The number of hydrogen-bond donors (Lipinski definition) is 2. The summed E-state index contributed by atoms with van der Waals surface area (Å²) in [6.45, 7) is 3.94. The maximum atomic E-state index is 12.4. The van der Waals surface area contributed by atoms with Crippen molar-refractivity contribution in [1.82, 2.24) is 0 Å². The highest BCUT2D eigenvalue weighted by Gasteiger charge is 2.29. The van der Waals surface area contributed by atoms with E-state index in [0.29, 0.717) is 5.56 Å². The van der Waals surface area contributed by atoms with Crippen molar-refractivity contribution in [3.8, 4) is 0 Å². The molecule has 1 fully saturated rings. The fourth-order valence-corrected chi connectivity index (χ4v) is 2.49. The Kier molecular flexibility index (Phi) is 4.15. The molecule has 118 valence electrons. The lowest BCUT2D eigenvalue weighted by Crippen LogP contribution is -2.15. The minimum atomic E-state index is -0.150. The standard InChI is InChI=1S/C19H20N2O2/c1-12-4-3-5-13(2)17(12)21-19(23)15-8-10-16(11-9-15)20-18(22)14-6-7-14/h3-5,8-11,14H,6-7H2,1-2H3,(H,20,22)(H,21,23). The molecule has 1 aliphatic rings. The van der Waals surface area contributed by atoms with Crippen molar-refractivity contribution in [3.05, 3.63) is 59.2 Å². The molecule has 3 rings (SSSR count). The highest BCUT2D eigenvalue weighted by Crippen LogP contribution is 2.30. The first-order chi connectivity index (χ1) is 11.0. The summed E-state index contributed by atoms with van der Waals surface area (Å²) in [5.41, 5.74) is 4.21. The van der Waals surface area contributed by atoms with Crippen molar-refractivity contribution in [2.45, 2.75) is 26.7 Å². The van der Waals surface area contributed by atoms with Gasteiger partial charge in [0.05, 0.1) is 0 Å². The molecule has 4 heteroatoms. The van der Waals surface area contributed by atoms with Crippen molar-refractivity contribution in [1.29, 1.82) is 0 Å². The minimum Gasteiger partial charge on any atom is -0.326 e. The predicted molar refractivity (Wildman–Crippen MR) is 91.7 cm³/mol. The molecule has 2 aromatic rings. The lowest BCUT2D eigenvalue weighted by atomic mass is 10.1. The molecule has 0 saturated heterocycles. The third kappa shape index (κ3) is 3.59. The van der Waals surface area contributed by atoms with Gasteiger partial charge in [-0.1, -0.05) is 18.2 Å². The van der Waals surface area contributed by atoms with Crippen LogP contribution in [0.3, 0.4) is 0 Å². The van der Waals surface area contributed by atoms with Gasteiger partial charge in [0.2, 0.25) is 5.91 Å². The number of amides is 2. The van der Waals surface area contributed by atoms with Crippen LogP contribution in [0.4, 0.5) is 11.4 Å². The maximum Gasteiger partial charge on any atom is 0.255 e. The van der Waals surface area contributed by atoms with Crippen molar-refractivity contribution >= 4 is 23.2 Å². The molecule has 1 aliphatic carbocycles. The van der Waals surface area contributed by atoms with Gasteiger partial charge in [-0.2, -0.15) is 0 Å². The van der Waals surface area contributed by atoms with Crippen LogP contribution in [0, 0.1) is 19.8 Å². The molecule has 2 aromatic carbocycles. The fourth-order valence-electron chi connectivity index (χ4n) is 2.49. The third-order valence-electron chi connectivity index (χ3n) is 4.08. The van der Waals surface area contributed by atoms with Crippen LogP contribution in [-0.2, 0) is 4.79 Å². The van der Waals surface area contributed by atoms with E-state index in [1.807, 2.05) is 32.0 Å². The van der Waals surface area contributed by atoms with Gasteiger partial charge < -0.3 is 10.6 Å². The molecule has 0 unspecified atom stereocenters. The zero-order valence-electron chi connectivity index (χ0n) is 13.3. The average Bonchev–Trinajstić information content (AvgIpc) is 3.36. The second kappa shape index (κ2) is 6.24. The summed E-state index contributed by atoms with van der Waals surface area (Å²) in [6.07, 6.45) is 1.95. The van der Waals surface area contributed by atoms with Crippen molar-refractivity contribution in [3.63, 3.8) is 0 Å². The van der Waals surface area contributed by atoms with Crippen molar-refractivity contribution in [2.75, 3.05) is 10.6 Å². The Morgan fingerprint density at radius 3 is 2.09 bits per heavy atom. The Bertz CT molecular complexity index is 726. The first-order valence-electron chi connectivity index (χ1n) is 7.83. The molecule has 0 atom stereocenters. The largest absolute Gasteiger partial charge is 0.326 e. The van der Waals surface area contributed by atoms with Crippen LogP contribution in [0.5, 0.6) is 0 Å². The second-order valence-electron chi connectivity index (χ2n) is 6.06. The number of benzene rings is 2. The van der Waals surface area contributed by atoms with Crippen LogP contribution in [0.1, 0.15) is 34.3 Å². The monoisotopic (exact) mass is 308 g/mol. The van der Waals surface area contributed by atoms with Gasteiger partial charge in [0, 0.05) is 22.9 Å². The van der Waals surface area contributed by atoms with E-state index in [9.17, 15) is 9.59 Å². The van der Waals surface area contributed by atoms with Gasteiger partial charge in [0.15, 0.2) is 0 Å². The molecule has 4 nitrogen and oxygen atoms in total. The van der Waals surface area contributed by atoms with Crippen molar-refractivity contribution < 1.29 is 9.59 Å². The van der Waals surface area contributed by atoms with Gasteiger partial charge in [-0.05, 0) is 62.1 Å². The number of carbonyl (C=O) groups excluding carboxylic acids is 2. The molecule has 0 bridgehead atoms. The van der Waals surface area contributed by atoms with E-state index in [4.69, 9.17) is 0 Å². The van der Waals surface area contributed by atoms with Gasteiger partial charge in [-0.15, -0.1) is 0 Å². The molecular formula is C19H20N2O2. The van der Waals surface area contributed by atoms with Crippen LogP contribution in [0.25, 0.3) is 0 Å². The number of nitrogens with one attached hydrogen (secondary N) is 2. The summed E-state index contributed by atoms with van der Waals surface area (Å²) in [7, 11) is 0. The molecule has 0 spiro atoms. The SMILES string of the molecule is Cc1cccc(C)c1NC(=O)c1ccc(NC(=O)C2CC2)cc1. The smallest absolute Gasteiger partial charge is 0.255 e. The number of rotatable bonds is 4. The molecule has 0 heterocycles. The Hall–Kier alpha value is -2.62. The molecule has 0 aromatic heterocycles. The highest BCUT2D eigenvalue weighted by atomic mass is 16.2. The minimum absolute atomic E-state index is 0.0673. The number of hydrogen-bond acceptors (Lipinski definition) is 2.